The summed E-state index contributed by atoms with van der Waals surface area (Å²) >= 11 is 0. The second kappa shape index (κ2) is 6.58. The van der Waals surface area contributed by atoms with Crippen LogP contribution < -0.4 is 4.74 Å². The highest BCUT2D eigenvalue weighted by molar-refractivity contribution is 5.42. The van der Waals surface area contributed by atoms with Gasteiger partial charge in [0, 0.05) is 13.5 Å². The topological polar surface area (TPSA) is 75.2 Å². The molecule has 0 N–H and O–H groups in total. The van der Waals surface area contributed by atoms with Gasteiger partial charge in [-0.3, -0.25) is 4.90 Å². The van der Waals surface area contributed by atoms with Gasteiger partial charge in [-0.25, -0.2) is 0 Å². The van der Waals surface area contributed by atoms with Gasteiger partial charge in [0.1, 0.15) is 18.4 Å². The predicted molar refractivity (Wildman–Crippen MR) is 79.2 cm³/mol. The van der Waals surface area contributed by atoms with Crippen molar-refractivity contribution in [3.63, 3.8) is 0 Å². The van der Waals surface area contributed by atoms with Crippen molar-refractivity contribution in [2.75, 3.05) is 19.7 Å². The number of para-hydroxylation sites is 1. The summed E-state index contributed by atoms with van der Waals surface area (Å²) in [7, 11) is 0. The van der Waals surface area contributed by atoms with E-state index >= 15 is 0 Å². The van der Waals surface area contributed by atoms with Crippen LogP contribution in [0, 0.1) is 18.3 Å². The van der Waals surface area contributed by atoms with Crippen molar-refractivity contribution >= 4 is 0 Å². The van der Waals surface area contributed by atoms with E-state index in [0.29, 0.717) is 23.8 Å². The summed E-state index contributed by atoms with van der Waals surface area (Å²) in [5, 5.41) is 13.1. The van der Waals surface area contributed by atoms with Crippen LogP contribution in [0.2, 0.25) is 0 Å². The molecule has 1 aromatic heterocycles. The molecule has 1 aromatic carbocycles. The Balaban J connectivity index is 1.58. The fourth-order valence-corrected chi connectivity index (χ4v) is 2.79. The molecule has 0 bridgehead atoms. The number of rotatable bonds is 5. The lowest BCUT2D eigenvalue weighted by Crippen LogP contribution is -2.28. The molecule has 0 saturated carbocycles. The van der Waals surface area contributed by atoms with Gasteiger partial charge in [-0.1, -0.05) is 17.3 Å². The van der Waals surface area contributed by atoms with Gasteiger partial charge in [-0.05, 0) is 31.5 Å². The molecule has 0 amide bonds. The van der Waals surface area contributed by atoms with Crippen molar-refractivity contribution in [3.05, 3.63) is 41.5 Å². The fraction of sp³-hybridized carbons (Fsp3) is 0.438. The monoisotopic (exact) mass is 298 g/mol. The van der Waals surface area contributed by atoms with Gasteiger partial charge >= 0.3 is 0 Å². The van der Waals surface area contributed by atoms with Crippen LogP contribution >= 0.6 is 0 Å². The molecule has 1 aliphatic heterocycles. The van der Waals surface area contributed by atoms with E-state index in [9.17, 15) is 0 Å². The lowest BCUT2D eigenvalue weighted by Gasteiger charge is -2.21. The first-order valence-corrected chi connectivity index (χ1v) is 7.44. The van der Waals surface area contributed by atoms with Crippen LogP contribution in [-0.4, -0.2) is 34.7 Å². The molecule has 1 saturated heterocycles. The molecular formula is C16H18N4O2. The third kappa shape index (κ3) is 3.10. The number of likely N-dealkylation sites (tertiary alicyclic amines) is 1. The largest absolute Gasteiger partial charge is 0.491 e. The summed E-state index contributed by atoms with van der Waals surface area (Å²) in [6.07, 6.45) is 2.15. The third-order valence-electron chi connectivity index (χ3n) is 3.85. The van der Waals surface area contributed by atoms with Gasteiger partial charge < -0.3 is 9.26 Å². The first-order valence-electron chi connectivity index (χ1n) is 7.44. The molecule has 2 heterocycles. The first-order chi connectivity index (χ1) is 10.8. The molecular weight excluding hydrogens is 280 g/mol. The molecule has 0 aliphatic carbocycles. The average Bonchev–Trinajstić information content (AvgIpc) is 3.16. The maximum absolute atomic E-state index is 9.05. The summed E-state index contributed by atoms with van der Waals surface area (Å²) in [5.41, 5.74) is 0.564. The highest BCUT2D eigenvalue weighted by atomic mass is 16.5. The minimum absolute atomic E-state index is 0.201. The Labute approximate surface area is 129 Å². The normalized spacial score (nSPS) is 18.3. The fourth-order valence-electron chi connectivity index (χ4n) is 2.79. The Morgan fingerprint density at radius 1 is 1.45 bits per heavy atom. The first kappa shape index (κ1) is 14.5. The number of benzene rings is 1. The number of ether oxygens (including phenoxy) is 1. The van der Waals surface area contributed by atoms with Crippen molar-refractivity contribution < 1.29 is 9.26 Å². The third-order valence-corrected chi connectivity index (χ3v) is 3.85. The summed E-state index contributed by atoms with van der Waals surface area (Å²) in [4.78, 5) is 6.64. The second-order valence-electron chi connectivity index (χ2n) is 5.32. The number of nitrogens with zero attached hydrogens (tertiary/aromatic N) is 4. The van der Waals surface area contributed by atoms with Gasteiger partial charge in [0.2, 0.25) is 5.89 Å². The van der Waals surface area contributed by atoms with Crippen LogP contribution in [0.15, 0.2) is 28.8 Å². The lowest BCUT2D eigenvalue weighted by molar-refractivity contribution is 0.190. The van der Waals surface area contributed by atoms with E-state index in [-0.39, 0.29) is 6.04 Å². The van der Waals surface area contributed by atoms with Crippen molar-refractivity contribution in [1.29, 1.82) is 5.26 Å². The van der Waals surface area contributed by atoms with E-state index in [1.807, 2.05) is 18.2 Å². The van der Waals surface area contributed by atoms with Gasteiger partial charge in [0.25, 0.3) is 0 Å². The van der Waals surface area contributed by atoms with Gasteiger partial charge in [-0.15, -0.1) is 0 Å². The number of hydrogen-bond donors (Lipinski definition) is 0. The molecule has 0 unspecified atom stereocenters. The molecule has 2 aromatic rings. The Kier molecular flexibility index (Phi) is 4.35. The SMILES string of the molecule is Cc1nc([C@@H]2CCCN2CCOc2ccccc2C#N)no1. The van der Waals surface area contributed by atoms with Crippen LogP contribution in [-0.2, 0) is 0 Å². The number of hydrogen-bond acceptors (Lipinski definition) is 6. The lowest BCUT2D eigenvalue weighted by atomic mass is 10.2. The second-order valence-corrected chi connectivity index (χ2v) is 5.32. The highest BCUT2D eigenvalue weighted by Gasteiger charge is 2.29. The Bertz CT molecular complexity index is 677. The zero-order chi connectivity index (χ0) is 15.4. The number of aryl methyl sites for hydroxylation is 1. The zero-order valence-corrected chi connectivity index (χ0v) is 12.5. The Morgan fingerprint density at radius 2 is 2.32 bits per heavy atom. The van der Waals surface area contributed by atoms with Crippen molar-refractivity contribution in [2.45, 2.75) is 25.8 Å². The van der Waals surface area contributed by atoms with Crippen molar-refractivity contribution in [2.24, 2.45) is 0 Å². The maximum atomic E-state index is 9.05. The molecule has 0 radical (unpaired) electrons. The van der Waals surface area contributed by atoms with Crippen molar-refractivity contribution in [1.82, 2.24) is 15.0 Å². The van der Waals surface area contributed by atoms with E-state index in [1.54, 1.807) is 13.0 Å². The maximum Gasteiger partial charge on any atom is 0.223 e. The molecule has 6 nitrogen and oxygen atoms in total. The summed E-state index contributed by atoms with van der Waals surface area (Å²) in [6.45, 7) is 4.11. The highest BCUT2D eigenvalue weighted by Crippen LogP contribution is 2.29. The van der Waals surface area contributed by atoms with Crippen LogP contribution in [0.25, 0.3) is 0 Å². The molecule has 1 aliphatic rings. The van der Waals surface area contributed by atoms with E-state index in [0.717, 1.165) is 31.8 Å². The van der Waals surface area contributed by atoms with Crippen LogP contribution in [0.4, 0.5) is 0 Å². The molecule has 1 atom stereocenters. The molecule has 0 spiro atoms. The van der Waals surface area contributed by atoms with Gasteiger partial charge in [-0.2, -0.15) is 10.2 Å². The van der Waals surface area contributed by atoms with E-state index in [1.165, 1.54) is 0 Å². The quantitative estimate of drug-likeness (QED) is 0.844. The van der Waals surface area contributed by atoms with Crippen LogP contribution in [0.1, 0.15) is 36.2 Å². The predicted octanol–water partition coefficient (Wildman–Crippen LogP) is 2.47. The molecule has 22 heavy (non-hydrogen) atoms. The standard InChI is InChI=1S/C16H18N4O2/c1-12-18-16(19-22-12)14-6-4-8-20(14)9-10-21-15-7-3-2-5-13(15)11-17/h2-3,5,7,14H,4,6,8-10H2,1H3/t14-/m0/s1. The minimum Gasteiger partial charge on any atom is -0.491 e. The van der Waals surface area contributed by atoms with Crippen molar-refractivity contribution in [3.8, 4) is 11.8 Å². The average molecular weight is 298 g/mol. The molecule has 3 rings (SSSR count). The Morgan fingerprint density at radius 3 is 3.09 bits per heavy atom. The van der Waals surface area contributed by atoms with E-state index in [2.05, 4.69) is 21.1 Å². The molecule has 1 fully saturated rings. The Hall–Kier alpha value is -2.39. The van der Waals surface area contributed by atoms with Crippen LogP contribution in [0.5, 0.6) is 5.75 Å². The summed E-state index contributed by atoms with van der Waals surface area (Å²) in [6, 6.07) is 9.63. The van der Waals surface area contributed by atoms with Gasteiger partial charge in [0.15, 0.2) is 5.82 Å². The number of nitriles is 1. The summed E-state index contributed by atoms with van der Waals surface area (Å²) in [5.74, 6) is 1.99. The van der Waals surface area contributed by atoms with Gasteiger partial charge in [0.05, 0.1) is 11.6 Å². The molecule has 114 valence electrons. The minimum atomic E-state index is 0.201. The summed E-state index contributed by atoms with van der Waals surface area (Å²) < 4.78 is 10.8. The zero-order valence-electron chi connectivity index (χ0n) is 12.5. The van der Waals surface area contributed by atoms with E-state index in [4.69, 9.17) is 14.5 Å². The van der Waals surface area contributed by atoms with Crippen LogP contribution in [0.3, 0.4) is 0 Å². The van der Waals surface area contributed by atoms with E-state index < -0.39 is 0 Å². The molecule has 6 heteroatoms. The smallest absolute Gasteiger partial charge is 0.223 e. The number of aromatic nitrogens is 2.